The maximum atomic E-state index is 14.2. The van der Waals surface area contributed by atoms with Gasteiger partial charge in [0.1, 0.15) is 6.04 Å². The van der Waals surface area contributed by atoms with Crippen molar-refractivity contribution in [3.05, 3.63) is 77.2 Å². The van der Waals surface area contributed by atoms with Gasteiger partial charge in [0.25, 0.3) is 5.91 Å². The molecule has 5 aromatic heterocycles. The minimum atomic E-state index is -0.443. The summed E-state index contributed by atoms with van der Waals surface area (Å²) in [6.07, 6.45) is 9.87. The van der Waals surface area contributed by atoms with Gasteiger partial charge in [0.15, 0.2) is 0 Å². The third-order valence-corrected chi connectivity index (χ3v) is 7.86. The lowest BCUT2D eigenvalue weighted by Gasteiger charge is -2.33. The number of imidazole rings is 1. The number of fused-ring (bicyclic) bond motifs is 2. The van der Waals surface area contributed by atoms with Crippen LogP contribution >= 0.6 is 18.5 Å². The topological polar surface area (TPSA) is 110 Å². The van der Waals surface area contributed by atoms with Gasteiger partial charge in [-0.3, -0.25) is 9.48 Å². The molecule has 0 bridgehead atoms. The smallest absolute Gasteiger partial charge is 0.292 e. The molecule has 2 aliphatic rings. The number of pyridine rings is 1. The van der Waals surface area contributed by atoms with Crippen LogP contribution in [0.15, 0.2) is 47.5 Å². The first-order valence-electron chi connectivity index (χ1n) is 12.3. The average Bonchev–Trinajstić information content (AvgIpc) is 3.29. The number of aromatic nitrogens is 7. The molecule has 7 rings (SSSR count). The van der Waals surface area contributed by atoms with Gasteiger partial charge in [-0.15, -0.1) is 18.5 Å². The lowest BCUT2D eigenvalue weighted by Crippen LogP contribution is -2.41. The zero-order chi connectivity index (χ0) is 25.3. The lowest BCUT2D eigenvalue weighted by atomic mass is 9.99. The first-order chi connectivity index (χ1) is 18.0. The number of nitrogens with zero attached hydrogens (tertiary/aromatic N) is 7. The van der Waals surface area contributed by atoms with E-state index in [1.54, 1.807) is 17.2 Å². The molecule has 0 spiro atoms. The van der Waals surface area contributed by atoms with Crippen LogP contribution < -0.4 is 0 Å². The molecule has 1 aliphatic carbocycles. The van der Waals surface area contributed by atoms with Crippen molar-refractivity contribution in [3.63, 3.8) is 0 Å². The van der Waals surface area contributed by atoms with Gasteiger partial charge in [0.2, 0.25) is 11.7 Å². The summed E-state index contributed by atoms with van der Waals surface area (Å²) in [6, 6.07) is 5.70. The second kappa shape index (κ2) is 8.61. The summed E-state index contributed by atoms with van der Waals surface area (Å²) in [4.78, 5) is 28.7. The maximum Gasteiger partial charge on any atom is 0.292 e. The normalized spacial score (nSPS) is 17.6. The highest BCUT2D eigenvalue weighted by Gasteiger charge is 2.41. The Kier molecular flexibility index (Phi) is 5.31. The number of amides is 1. The molecule has 12 heteroatoms. The van der Waals surface area contributed by atoms with E-state index in [1.807, 2.05) is 34.9 Å². The largest absolute Gasteiger partial charge is 0.430 e. The Morgan fingerprint density at radius 3 is 2.89 bits per heavy atom. The molecule has 37 heavy (non-hydrogen) atoms. The lowest BCUT2D eigenvalue weighted by molar-refractivity contribution is 0.0653. The summed E-state index contributed by atoms with van der Waals surface area (Å²) in [7, 11) is 7.47. The highest BCUT2D eigenvalue weighted by Crippen LogP contribution is 2.44. The zero-order valence-corrected chi connectivity index (χ0v) is 22.5. The van der Waals surface area contributed by atoms with Crippen molar-refractivity contribution < 1.29 is 9.21 Å². The molecule has 1 N–H and O–H groups in total. The van der Waals surface area contributed by atoms with E-state index in [-0.39, 0.29) is 17.2 Å². The van der Waals surface area contributed by atoms with Gasteiger partial charge in [-0.25, -0.2) is 14.5 Å². The Labute approximate surface area is 217 Å². The predicted molar refractivity (Wildman–Crippen MR) is 143 cm³/mol. The Balaban J connectivity index is 1.33. The molecule has 1 saturated carbocycles. The van der Waals surface area contributed by atoms with Crippen molar-refractivity contribution in [2.45, 2.75) is 36.6 Å². The van der Waals surface area contributed by atoms with Gasteiger partial charge in [0.05, 0.1) is 40.7 Å². The highest BCUT2D eigenvalue weighted by atomic mass is 31.1. The van der Waals surface area contributed by atoms with E-state index in [1.165, 1.54) is 0 Å². The van der Waals surface area contributed by atoms with E-state index in [0.29, 0.717) is 24.6 Å². The molecule has 1 aliphatic heterocycles. The minimum Gasteiger partial charge on any atom is -0.430 e. The summed E-state index contributed by atoms with van der Waals surface area (Å²) < 4.78 is 9.75. The first-order valence-corrected chi connectivity index (χ1v) is 13.6. The predicted octanol–water partition coefficient (Wildman–Crippen LogP) is 3.86. The average molecular weight is 532 g/mol. The monoisotopic (exact) mass is 532 g/mol. The summed E-state index contributed by atoms with van der Waals surface area (Å²) in [5.41, 5.74) is 6.24. The van der Waals surface area contributed by atoms with Gasteiger partial charge in [-0.05, 0) is 30.5 Å². The van der Waals surface area contributed by atoms with Crippen LogP contribution in [0.4, 0.5) is 0 Å². The van der Waals surface area contributed by atoms with Crippen LogP contribution in [0.2, 0.25) is 0 Å². The number of aromatic amines is 1. The Hall–Kier alpha value is -3.35. The molecule has 1 fully saturated rings. The molecular weight excluding hydrogens is 506 g/mol. The van der Waals surface area contributed by atoms with Crippen molar-refractivity contribution in [1.82, 2.24) is 39.2 Å². The fraction of sp³-hybridized carbons (Fsp3) is 0.320. The van der Waals surface area contributed by atoms with E-state index in [2.05, 4.69) is 45.7 Å². The van der Waals surface area contributed by atoms with E-state index in [9.17, 15) is 4.79 Å². The van der Waals surface area contributed by atoms with E-state index < -0.39 is 6.04 Å². The molecule has 1 amide bonds. The fourth-order valence-electron chi connectivity index (χ4n) is 5.17. The second-order valence-electron chi connectivity index (χ2n) is 9.72. The fourth-order valence-corrected chi connectivity index (χ4v) is 5.73. The van der Waals surface area contributed by atoms with Gasteiger partial charge in [-0.1, -0.05) is 6.07 Å². The SMILES string of the molecule is Cn1cc(-c2nc(C3CC3)c(C(=O)N3CCc4[nH]cnc4[C@@H]3c3cc4c(C(P)P)cccn4n3)o2)cn1. The number of nitrogens with one attached hydrogen (secondary N) is 1. The molecule has 188 valence electrons. The number of carbonyl (C=O) groups excluding carboxylic acids is 1. The van der Waals surface area contributed by atoms with Crippen molar-refractivity contribution >= 4 is 29.9 Å². The maximum absolute atomic E-state index is 14.2. The molecule has 0 saturated heterocycles. The van der Waals surface area contributed by atoms with Gasteiger partial charge >= 0.3 is 0 Å². The summed E-state index contributed by atoms with van der Waals surface area (Å²) >= 11 is 0. The van der Waals surface area contributed by atoms with Crippen molar-refractivity contribution in [3.8, 4) is 11.5 Å². The third-order valence-electron chi connectivity index (χ3n) is 7.14. The third kappa shape index (κ3) is 3.82. The van der Waals surface area contributed by atoms with Gasteiger partial charge < -0.3 is 14.3 Å². The molecule has 0 aromatic carbocycles. The Morgan fingerprint density at radius 1 is 1.27 bits per heavy atom. The Bertz CT molecular complexity index is 1640. The van der Waals surface area contributed by atoms with Crippen LogP contribution in [0.25, 0.3) is 17.0 Å². The molecular formula is C25H26N8O2P2. The number of rotatable bonds is 5. The number of hydrogen-bond donors (Lipinski definition) is 1. The van der Waals surface area contributed by atoms with Crippen LogP contribution in [-0.4, -0.2) is 51.7 Å². The van der Waals surface area contributed by atoms with Crippen LogP contribution in [-0.2, 0) is 13.5 Å². The quantitative estimate of drug-likeness (QED) is 0.344. The molecule has 10 nitrogen and oxygen atoms in total. The number of oxazole rings is 1. The van der Waals surface area contributed by atoms with Crippen LogP contribution in [0, 0.1) is 0 Å². The molecule has 0 radical (unpaired) electrons. The standard InChI is InChI=1S/C25H26N8O2P2/c1-31-11-14(10-28-31)23-29-19(13-4-5-13)22(35-23)24(34)32-8-6-16-20(27-12-26-16)21(32)17-9-18-15(25(36)37)3-2-7-33(18)30-17/h2-3,7,9-13,21,25H,4-6,8,36-37H2,1H3,(H,26,27)/t21-/m0/s1. The van der Waals surface area contributed by atoms with Crippen molar-refractivity contribution in [2.24, 2.45) is 7.05 Å². The van der Waals surface area contributed by atoms with Gasteiger partial charge in [0, 0.05) is 49.4 Å². The summed E-state index contributed by atoms with van der Waals surface area (Å²) in [6.45, 7) is 0.516. The molecule has 5 aromatic rings. The van der Waals surface area contributed by atoms with Crippen LogP contribution in [0.3, 0.4) is 0 Å². The second-order valence-corrected chi connectivity index (χ2v) is 11.9. The molecule has 3 atom stereocenters. The number of carbonyl (C=O) groups is 1. The first kappa shape index (κ1) is 22.8. The Morgan fingerprint density at radius 2 is 2.14 bits per heavy atom. The van der Waals surface area contributed by atoms with Crippen molar-refractivity contribution in [2.75, 3.05) is 6.54 Å². The van der Waals surface area contributed by atoms with Gasteiger partial charge in [-0.2, -0.15) is 10.2 Å². The molecule has 2 unspecified atom stereocenters. The number of hydrogen-bond acceptors (Lipinski definition) is 6. The number of aryl methyl sites for hydroxylation is 1. The summed E-state index contributed by atoms with van der Waals surface area (Å²) in [5, 5.41) is 9.32. The van der Waals surface area contributed by atoms with Crippen LogP contribution in [0.1, 0.15) is 69.1 Å². The van der Waals surface area contributed by atoms with E-state index in [0.717, 1.165) is 52.3 Å². The zero-order valence-electron chi connectivity index (χ0n) is 20.2. The van der Waals surface area contributed by atoms with E-state index in [4.69, 9.17) is 14.5 Å². The van der Waals surface area contributed by atoms with Crippen LogP contribution in [0.5, 0.6) is 0 Å². The minimum absolute atomic E-state index is 0.180. The van der Waals surface area contributed by atoms with Crippen molar-refractivity contribution in [1.29, 1.82) is 0 Å². The number of H-pyrrole nitrogens is 1. The summed E-state index contributed by atoms with van der Waals surface area (Å²) in [5.74, 6) is 0.799. The van der Waals surface area contributed by atoms with E-state index >= 15 is 0 Å². The highest BCUT2D eigenvalue weighted by molar-refractivity contribution is 7.37. The molecule has 6 heterocycles.